The maximum absolute atomic E-state index is 12.7. The zero-order valence-corrected chi connectivity index (χ0v) is 26.6. The van der Waals surface area contributed by atoms with Crippen LogP contribution in [0, 0.1) is 0 Å². The van der Waals surface area contributed by atoms with E-state index in [4.69, 9.17) is 14.2 Å². The number of carbonyl (C=O) groups excluding carboxylic acids is 3. The second-order valence-electron chi connectivity index (χ2n) is 13.7. The summed E-state index contributed by atoms with van der Waals surface area (Å²) in [7, 11) is 0. The highest BCUT2D eigenvalue weighted by molar-refractivity contribution is 5.73. The predicted molar refractivity (Wildman–Crippen MR) is 154 cm³/mol. The van der Waals surface area contributed by atoms with Gasteiger partial charge in [0, 0.05) is 58.4 Å². The molecule has 0 atom stereocenters. The number of hydrogen-bond acceptors (Lipinski definition) is 10. The van der Waals surface area contributed by atoms with Crippen LogP contribution in [0.5, 0.6) is 0 Å². The molecule has 0 spiro atoms. The number of carbonyl (C=O) groups is 3. The van der Waals surface area contributed by atoms with Crippen LogP contribution in [0.15, 0.2) is 0 Å². The van der Waals surface area contributed by atoms with Gasteiger partial charge >= 0.3 is 17.9 Å². The molecular formula is C29H56N4O6. The van der Waals surface area contributed by atoms with Crippen LogP contribution in [-0.4, -0.2) is 132 Å². The van der Waals surface area contributed by atoms with E-state index in [-0.39, 0.29) is 37.5 Å². The maximum Gasteiger partial charge on any atom is 0.320 e. The van der Waals surface area contributed by atoms with Gasteiger partial charge < -0.3 is 14.2 Å². The zero-order chi connectivity index (χ0) is 30.0. The summed E-state index contributed by atoms with van der Waals surface area (Å²) in [6.07, 6.45) is 0. The van der Waals surface area contributed by atoms with Gasteiger partial charge in [-0.15, -0.1) is 0 Å². The monoisotopic (exact) mass is 556 g/mol. The Labute approximate surface area is 237 Å². The smallest absolute Gasteiger partial charge is 0.320 e. The topological polar surface area (TPSA) is 91.9 Å². The largest absolute Gasteiger partial charge is 0.459 e. The van der Waals surface area contributed by atoms with Crippen LogP contribution in [0.4, 0.5) is 0 Å². The highest BCUT2D eigenvalue weighted by Gasteiger charge is 2.25. The van der Waals surface area contributed by atoms with Crippen molar-refractivity contribution in [3.8, 4) is 0 Å². The highest BCUT2D eigenvalue weighted by atomic mass is 16.6. The average Bonchev–Trinajstić information content (AvgIpc) is 2.69. The summed E-state index contributed by atoms with van der Waals surface area (Å²) >= 11 is 0. The molecule has 0 amide bonds. The number of rotatable bonds is 7. The van der Waals surface area contributed by atoms with Gasteiger partial charge in [0.1, 0.15) is 16.8 Å². The zero-order valence-electron chi connectivity index (χ0n) is 26.6. The fourth-order valence-electron chi connectivity index (χ4n) is 4.21. The summed E-state index contributed by atoms with van der Waals surface area (Å²) in [4.78, 5) is 46.6. The standard InChI is InChI=1S/C29H56N4O6/c1-23(2)33-18-16-31(21-25(35)38-28(6,7)8)14-12-30(20-24(34)37-27(3,4)5)13-15-32(17-19-33)22-26(36)39-29(9,10)11/h23H,12-22H2,1-11H3. The lowest BCUT2D eigenvalue weighted by atomic mass is 10.2. The molecule has 1 aliphatic heterocycles. The minimum absolute atomic E-state index is 0.135. The van der Waals surface area contributed by atoms with Gasteiger partial charge in [0.25, 0.3) is 0 Å². The molecule has 0 aromatic heterocycles. The van der Waals surface area contributed by atoms with Gasteiger partial charge in [0.2, 0.25) is 0 Å². The maximum atomic E-state index is 12.7. The second kappa shape index (κ2) is 15.3. The lowest BCUT2D eigenvalue weighted by Gasteiger charge is -2.35. The van der Waals surface area contributed by atoms with E-state index in [1.165, 1.54) is 0 Å². The molecule has 39 heavy (non-hydrogen) atoms. The van der Waals surface area contributed by atoms with Gasteiger partial charge in [-0.2, -0.15) is 0 Å². The van der Waals surface area contributed by atoms with Crippen molar-refractivity contribution in [2.45, 2.75) is 99.0 Å². The average molecular weight is 557 g/mol. The molecule has 10 heteroatoms. The highest BCUT2D eigenvalue weighted by Crippen LogP contribution is 2.11. The van der Waals surface area contributed by atoms with E-state index in [9.17, 15) is 14.4 Å². The first-order valence-corrected chi connectivity index (χ1v) is 14.3. The number of ether oxygens (including phenoxy) is 3. The second-order valence-corrected chi connectivity index (χ2v) is 13.7. The van der Waals surface area contributed by atoms with Crippen molar-refractivity contribution in [2.75, 3.05) is 72.0 Å². The normalized spacial score (nSPS) is 18.8. The van der Waals surface area contributed by atoms with Crippen molar-refractivity contribution in [1.82, 2.24) is 19.6 Å². The molecule has 0 N–H and O–H groups in total. The Hall–Kier alpha value is -1.75. The van der Waals surface area contributed by atoms with Crippen LogP contribution in [0.1, 0.15) is 76.2 Å². The minimum Gasteiger partial charge on any atom is -0.459 e. The number of nitrogens with zero attached hydrogens (tertiary/aromatic N) is 4. The van der Waals surface area contributed by atoms with E-state index in [2.05, 4.69) is 28.5 Å². The molecular weight excluding hydrogens is 500 g/mol. The van der Waals surface area contributed by atoms with Crippen LogP contribution in [0.25, 0.3) is 0 Å². The van der Waals surface area contributed by atoms with Crippen LogP contribution < -0.4 is 0 Å². The molecule has 0 aromatic carbocycles. The van der Waals surface area contributed by atoms with E-state index in [0.29, 0.717) is 45.3 Å². The minimum atomic E-state index is -0.574. The molecule has 1 saturated heterocycles. The summed E-state index contributed by atoms with van der Waals surface area (Å²) in [5.74, 6) is -0.807. The third-order valence-corrected chi connectivity index (χ3v) is 5.92. The van der Waals surface area contributed by atoms with Gasteiger partial charge in [0.05, 0.1) is 19.6 Å². The van der Waals surface area contributed by atoms with Crippen molar-refractivity contribution in [3.05, 3.63) is 0 Å². The molecule has 0 bridgehead atoms. The fourth-order valence-corrected chi connectivity index (χ4v) is 4.21. The first-order valence-electron chi connectivity index (χ1n) is 14.3. The Morgan fingerprint density at radius 1 is 0.513 bits per heavy atom. The van der Waals surface area contributed by atoms with E-state index in [0.717, 1.165) is 13.1 Å². The molecule has 1 aliphatic rings. The van der Waals surface area contributed by atoms with Crippen molar-refractivity contribution < 1.29 is 28.6 Å². The van der Waals surface area contributed by atoms with Gasteiger partial charge in [-0.1, -0.05) is 0 Å². The van der Waals surface area contributed by atoms with Crippen molar-refractivity contribution in [2.24, 2.45) is 0 Å². The number of hydrogen-bond donors (Lipinski definition) is 0. The Bertz CT molecular complexity index is 736. The first kappa shape index (κ1) is 35.3. The van der Waals surface area contributed by atoms with Crippen LogP contribution >= 0.6 is 0 Å². The van der Waals surface area contributed by atoms with Crippen molar-refractivity contribution >= 4 is 17.9 Å². The molecule has 1 rings (SSSR count). The molecule has 228 valence electrons. The summed E-state index contributed by atoms with van der Waals surface area (Å²) in [6, 6.07) is 0.309. The van der Waals surface area contributed by atoms with Crippen LogP contribution in [0.3, 0.4) is 0 Å². The summed E-state index contributed by atoms with van der Waals surface area (Å²) < 4.78 is 16.8. The molecule has 0 aliphatic carbocycles. The summed E-state index contributed by atoms with van der Waals surface area (Å²) in [5, 5.41) is 0. The Kier molecular flexibility index (Phi) is 13.8. The molecule has 0 saturated carbocycles. The molecule has 0 radical (unpaired) electrons. The molecule has 0 unspecified atom stereocenters. The SMILES string of the molecule is CC(C)N1CCN(CC(=O)OC(C)(C)C)CCN(CC(=O)OC(C)(C)C)CCN(CC(=O)OC(C)(C)C)CC1. The molecule has 1 fully saturated rings. The molecule has 1 heterocycles. The van der Waals surface area contributed by atoms with Gasteiger partial charge in [-0.3, -0.25) is 34.0 Å². The predicted octanol–water partition coefficient (Wildman–Crippen LogP) is 2.64. The first-order chi connectivity index (χ1) is 17.7. The molecule has 0 aromatic rings. The fraction of sp³-hybridized carbons (Fsp3) is 0.897. The van der Waals surface area contributed by atoms with E-state index in [1.54, 1.807) is 0 Å². The van der Waals surface area contributed by atoms with Gasteiger partial charge in [-0.05, 0) is 76.2 Å². The Morgan fingerprint density at radius 3 is 0.949 bits per heavy atom. The van der Waals surface area contributed by atoms with Crippen molar-refractivity contribution in [3.63, 3.8) is 0 Å². The quantitative estimate of drug-likeness (QED) is 0.344. The lowest BCUT2D eigenvalue weighted by molar-refractivity contribution is -0.158. The van der Waals surface area contributed by atoms with Gasteiger partial charge in [-0.25, -0.2) is 0 Å². The Balaban J connectivity index is 3.09. The van der Waals surface area contributed by atoms with Gasteiger partial charge in [0.15, 0.2) is 0 Å². The van der Waals surface area contributed by atoms with Crippen LogP contribution in [0.2, 0.25) is 0 Å². The molecule has 10 nitrogen and oxygen atoms in total. The number of esters is 3. The lowest BCUT2D eigenvalue weighted by Crippen LogP contribution is -2.50. The summed E-state index contributed by atoms with van der Waals surface area (Å²) in [6.45, 7) is 26.9. The third kappa shape index (κ3) is 17.5. The third-order valence-electron chi connectivity index (χ3n) is 5.92. The van der Waals surface area contributed by atoms with E-state index < -0.39 is 16.8 Å². The summed E-state index contributed by atoms with van der Waals surface area (Å²) in [5.41, 5.74) is -1.67. The van der Waals surface area contributed by atoms with E-state index >= 15 is 0 Å². The van der Waals surface area contributed by atoms with E-state index in [1.807, 2.05) is 67.2 Å². The van der Waals surface area contributed by atoms with Crippen LogP contribution in [-0.2, 0) is 28.6 Å². The Morgan fingerprint density at radius 2 is 0.744 bits per heavy atom. The van der Waals surface area contributed by atoms with Crippen molar-refractivity contribution in [1.29, 1.82) is 0 Å².